The highest BCUT2D eigenvalue weighted by molar-refractivity contribution is 7.80. The molecule has 1 unspecified atom stereocenters. The Kier molecular flexibility index (Phi) is 6.32. The first kappa shape index (κ1) is 22.1. The molecular weight excluding hydrogens is 430 g/mol. The molecule has 4 rings (SSSR count). The van der Waals surface area contributed by atoms with E-state index >= 15 is 0 Å². The van der Waals surface area contributed by atoms with E-state index in [2.05, 4.69) is 29.3 Å². The largest absolute Gasteiger partial charge is 0.351 e. The van der Waals surface area contributed by atoms with Crippen LogP contribution in [-0.2, 0) is 0 Å². The van der Waals surface area contributed by atoms with Gasteiger partial charge in [-0.1, -0.05) is 43.3 Å². The normalized spacial score (nSPS) is 16.6. The Balaban J connectivity index is 1.79. The quantitative estimate of drug-likeness (QED) is 0.481. The maximum absolute atomic E-state index is 13.7. The highest BCUT2D eigenvalue weighted by atomic mass is 32.1. The van der Waals surface area contributed by atoms with Gasteiger partial charge in [0.1, 0.15) is 11.6 Å². The lowest BCUT2D eigenvalue weighted by Crippen LogP contribution is -2.46. The number of benzene rings is 2. The molecule has 0 bridgehead atoms. The summed E-state index contributed by atoms with van der Waals surface area (Å²) in [5.74, 6) is 0.407. The van der Waals surface area contributed by atoms with Crippen LogP contribution in [0.3, 0.4) is 0 Å². The molecule has 32 heavy (non-hydrogen) atoms. The second-order valence-corrected chi connectivity index (χ2v) is 8.59. The van der Waals surface area contributed by atoms with E-state index < -0.39 is 0 Å². The van der Waals surface area contributed by atoms with Crippen LogP contribution in [-0.4, -0.2) is 26.7 Å². The Bertz CT molecular complexity index is 1160. The molecule has 166 valence electrons. The predicted molar refractivity (Wildman–Crippen MR) is 123 cm³/mol. The lowest BCUT2D eigenvalue weighted by molar-refractivity contribution is 0.390. The molecule has 0 radical (unpaired) electrons. The first-order valence-corrected chi connectivity index (χ1v) is 10.9. The number of nitrogens with one attached hydrogen (secondary N) is 1. The van der Waals surface area contributed by atoms with Crippen LogP contribution in [0.1, 0.15) is 44.7 Å². The van der Waals surface area contributed by atoms with Crippen molar-refractivity contribution in [3.8, 4) is 11.4 Å². The fourth-order valence-corrected chi connectivity index (χ4v) is 4.04. The van der Waals surface area contributed by atoms with Gasteiger partial charge in [-0.25, -0.2) is 8.78 Å². The molecule has 1 aliphatic heterocycles. The molecule has 0 fully saturated rings. The maximum Gasteiger partial charge on any atom is 0.258 e. The topological polar surface area (TPSA) is 54.2 Å². The predicted octanol–water partition coefficient (Wildman–Crippen LogP) is 5.72. The van der Waals surface area contributed by atoms with E-state index in [1.165, 1.54) is 24.3 Å². The molecule has 2 aromatic carbocycles. The minimum absolute atomic E-state index is 0.291. The SMILES string of the molecule is CC1=C(c2nc(-c3cccc(F)c3)no2)C(c2ccc(F)cc2)NC(=S)N1CCC(C)C. The monoisotopic (exact) mass is 454 g/mol. The standard InChI is InChI=1S/C24H24F2N4OS/c1-14(2)11-12-30-15(3)20(21(27-24(30)32)16-7-9-18(25)10-8-16)23-28-22(29-31-23)17-5-4-6-19(26)13-17/h4-10,13-14,21H,11-12H2,1-3H3,(H,27,32). The van der Waals surface area contributed by atoms with Crippen molar-refractivity contribution in [2.45, 2.75) is 33.2 Å². The third-order valence-electron chi connectivity index (χ3n) is 5.47. The average molecular weight is 455 g/mol. The van der Waals surface area contributed by atoms with Crippen LogP contribution < -0.4 is 5.32 Å². The van der Waals surface area contributed by atoms with E-state index in [1.54, 1.807) is 24.3 Å². The number of hydrogen-bond donors (Lipinski definition) is 1. The van der Waals surface area contributed by atoms with E-state index in [1.807, 2.05) is 11.8 Å². The number of aromatic nitrogens is 2. The zero-order valence-electron chi connectivity index (χ0n) is 18.1. The van der Waals surface area contributed by atoms with Crippen molar-refractivity contribution in [1.29, 1.82) is 0 Å². The van der Waals surface area contributed by atoms with Gasteiger partial charge < -0.3 is 14.7 Å². The van der Waals surface area contributed by atoms with E-state index in [4.69, 9.17) is 16.7 Å². The van der Waals surface area contributed by atoms with Gasteiger partial charge in [0.05, 0.1) is 11.6 Å². The van der Waals surface area contributed by atoms with Crippen LogP contribution in [0.15, 0.2) is 58.8 Å². The average Bonchev–Trinajstić information content (AvgIpc) is 3.23. The van der Waals surface area contributed by atoms with Crippen molar-refractivity contribution in [1.82, 2.24) is 20.4 Å². The van der Waals surface area contributed by atoms with Gasteiger partial charge in [-0.3, -0.25) is 0 Å². The Labute approximate surface area is 191 Å². The summed E-state index contributed by atoms with van der Waals surface area (Å²) < 4.78 is 32.9. The minimum atomic E-state index is -0.390. The maximum atomic E-state index is 13.7. The summed E-state index contributed by atoms with van der Waals surface area (Å²) in [6.45, 7) is 7.02. The van der Waals surface area contributed by atoms with Crippen molar-refractivity contribution in [2.24, 2.45) is 5.92 Å². The summed E-state index contributed by atoms with van der Waals surface area (Å²) in [6, 6.07) is 11.9. The smallest absolute Gasteiger partial charge is 0.258 e. The highest BCUT2D eigenvalue weighted by Gasteiger charge is 2.34. The zero-order valence-corrected chi connectivity index (χ0v) is 18.9. The van der Waals surface area contributed by atoms with E-state index in [-0.39, 0.29) is 17.7 Å². The molecule has 1 aromatic heterocycles. The summed E-state index contributed by atoms with van der Waals surface area (Å²) in [4.78, 5) is 6.58. The lowest BCUT2D eigenvalue weighted by Gasteiger charge is -2.37. The van der Waals surface area contributed by atoms with Crippen molar-refractivity contribution >= 4 is 22.9 Å². The molecule has 2 heterocycles. The Morgan fingerprint density at radius 3 is 2.56 bits per heavy atom. The molecule has 0 aliphatic carbocycles. The Hall–Kier alpha value is -3.13. The second kappa shape index (κ2) is 9.16. The molecule has 0 spiro atoms. The Morgan fingerprint density at radius 1 is 1.12 bits per heavy atom. The minimum Gasteiger partial charge on any atom is -0.351 e. The molecule has 1 N–H and O–H groups in total. The van der Waals surface area contributed by atoms with Crippen LogP contribution in [0.2, 0.25) is 0 Å². The van der Waals surface area contributed by atoms with Crippen molar-refractivity contribution in [2.75, 3.05) is 6.54 Å². The van der Waals surface area contributed by atoms with Crippen LogP contribution in [0, 0.1) is 17.6 Å². The van der Waals surface area contributed by atoms with Crippen LogP contribution in [0.25, 0.3) is 17.0 Å². The van der Waals surface area contributed by atoms with Gasteiger partial charge in [-0.05, 0) is 61.3 Å². The Morgan fingerprint density at radius 2 is 1.88 bits per heavy atom. The van der Waals surface area contributed by atoms with Gasteiger partial charge in [0, 0.05) is 17.8 Å². The first-order chi connectivity index (χ1) is 15.3. The van der Waals surface area contributed by atoms with Crippen molar-refractivity contribution < 1.29 is 13.3 Å². The molecule has 3 aromatic rings. The third-order valence-corrected chi connectivity index (χ3v) is 5.81. The number of allylic oxidation sites excluding steroid dienone is 1. The van der Waals surface area contributed by atoms with Gasteiger partial charge in [0.15, 0.2) is 5.11 Å². The number of nitrogens with zero attached hydrogens (tertiary/aromatic N) is 3. The molecule has 0 amide bonds. The van der Waals surface area contributed by atoms with Gasteiger partial charge in [-0.2, -0.15) is 4.98 Å². The van der Waals surface area contributed by atoms with Gasteiger partial charge >= 0.3 is 0 Å². The second-order valence-electron chi connectivity index (χ2n) is 8.20. The number of rotatable bonds is 6. The molecule has 8 heteroatoms. The van der Waals surface area contributed by atoms with E-state index in [0.717, 1.165) is 29.8 Å². The van der Waals surface area contributed by atoms with Gasteiger partial charge in [0.25, 0.3) is 5.89 Å². The summed E-state index contributed by atoms with van der Waals surface area (Å²) in [6.07, 6.45) is 0.950. The molecule has 5 nitrogen and oxygen atoms in total. The van der Waals surface area contributed by atoms with Crippen molar-refractivity contribution in [3.05, 3.63) is 77.3 Å². The molecule has 1 atom stereocenters. The number of hydrogen-bond acceptors (Lipinski definition) is 4. The van der Waals surface area contributed by atoms with Crippen LogP contribution >= 0.6 is 12.2 Å². The summed E-state index contributed by atoms with van der Waals surface area (Å²) in [5, 5.41) is 8.01. The van der Waals surface area contributed by atoms with Crippen molar-refractivity contribution in [3.63, 3.8) is 0 Å². The number of thiocarbonyl (C=S) groups is 1. The first-order valence-electron chi connectivity index (χ1n) is 10.5. The lowest BCUT2D eigenvalue weighted by atomic mass is 9.94. The highest BCUT2D eigenvalue weighted by Crippen LogP contribution is 2.37. The zero-order chi connectivity index (χ0) is 22.8. The number of halogens is 2. The van der Waals surface area contributed by atoms with Gasteiger partial charge in [0.2, 0.25) is 5.82 Å². The summed E-state index contributed by atoms with van der Waals surface area (Å²) >= 11 is 5.66. The molecule has 1 aliphatic rings. The van der Waals surface area contributed by atoms with Gasteiger partial charge in [-0.15, -0.1) is 0 Å². The fourth-order valence-electron chi connectivity index (χ4n) is 3.70. The fraction of sp³-hybridized carbons (Fsp3) is 0.292. The summed E-state index contributed by atoms with van der Waals surface area (Å²) in [5.41, 5.74) is 2.98. The van der Waals surface area contributed by atoms with Crippen LogP contribution in [0.4, 0.5) is 8.78 Å². The third kappa shape index (κ3) is 4.55. The molecular formula is C24H24F2N4OS. The van der Waals surface area contributed by atoms with Crippen LogP contribution in [0.5, 0.6) is 0 Å². The van der Waals surface area contributed by atoms with E-state index in [9.17, 15) is 8.78 Å². The molecule has 0 saturated heterocycles. The summed E-state index contributed by atoms with van der Waals surface area (Å²) in [7, 11) is 0. The van der Waals surface area contributed by atoms with E-state index in [0.29, 0.717) is 28.3 Å². The molecule has 0 saturated carbocycles.